The highest BCUT2D eigenvalue weighted by atomic mass is 16.5. The molecular formula is C23H27N5O3. The van der Waals surface area contributed by atoms with E-state index in [1.807, 2.05) is 35.2 Å². The van der Waals surface area contributed by atoms with E-state index in [9.17, 15) is 4.79 Å². The van der Waals surface area contributed by atoms with Gasteiger partial charge < -0.3 is 14.4 Å². The number of rotatable bonds is 6. The number of carbonyl (C=O) groups is 1. The Hall–Kier alpha value is -3.26. The highest BCUT2D eigenvalue weighted by molar-refractivity contribution is 5.95. The summed E-state index contributed by atoms with van der Waals surface area (Å²) in [7, 11) is 3.23. The molecule has 4 rings (SSSR count). The van der Waals surface area contributed by atoms with Crippen LogP contribution in [0.2, 0.25) is 0 Å². The number of para-hydroxylation sites is 1. The van der Waals surface area contributed by atoms with Gasteiger partial charge in [0.2, 0.25) is 0 Å². The molecule has 0 N–H and O–H groups in total. The lowest BCUT2D eigenvalue weighted by molar-refractivity contribution is 0.0678. The second kappa shape index (κ2) is 9.26. The maximum atomic E-state index is 13.2. The number of hydrogen-bond donors (Lipinski definition) is 0. The van der Waals surface area contributed by atoms with Crippen LogP contribution < -0.4 is 4.74 Å². The Balaban J connectivity index is 1.71. The Labute approximate surface area is 181 Å². The van der Waals surface area contributed by atoms with E-state index < -0.39 is 0 Å². The van der Waals surface area contributed by atoms with Crippen molar-refractivity contribution in [2.75, 3.05) is 27.3 Å². The van der Waals surface area contributed by atoms with Crippen molar-refractivity contribution in [3.63, 3.8) is 0 Å². The summed E-state index contributed by atoms with van der Waals surface area (Å²) in [4.78, 5) is 24.2. The van der Waals surface area contributed by atoms with Gasteiger partial charge in [-0.15, -0.1) is 0 Å². The van der Waals surface area contributed by atoms with Gasteiger partial charge >= 0.3 is 0 Å². The first-order valence-corrected chi connectivity index (χ1v) is 10.4. The molecular weight excluding hydrogens is 394 g/mol. The summed E-state index contributed by atoms with van der Waals surface area (Å²) in [5.41, 5.74) is 2.73. The first-order chi connectivity index (χ1) is 15.1. The predicted octanol–water partition coefficient (Wildman–Crippen LogP) is 3.36. The van der Waals surface area contributed by atoms with Crippen LogP contribution in [0.3, 0.4) is 0 Å². The van der Waals surface area contributed by atoms with E-state index in [0.717, 1.165) is 37.2 Å². The minimum absolute atomic E-state index is 0.0225. The Morgan fingerprint density at radius 1 is 1.23 bits per heavy atom. The molecule has 3 heterocycles. The van der Waals surface area contributed by atoms with Crippen molar-refractivity contribution in [2.24, 2.45) is 5.92 Å². The fourth-order valence-corrected chi connectivity index (χ4v) is 4.00. The van der Waals surface area contributed by atoms with Gasteiger partial charge in [0.05, 0.1) is 36.9 Å². The second-order valence-corrected chi connectivity index (χ2v) is 7.79. The molecule has 1 aromatic carbocycles. The number of piperidine rings is 1. The average Bonchev–Trinajstić information content (AvgIpc) is 3.22. The molecule has 1 atom stereocenters. The SMILES string of the molecule is COCc1c(C(=O)N2CCC[C@H](C)C2)cnn1-c1nccc(-c2ccccc2OC)n1. The molecule has 1 aliphatic rings. The standard InChI is InChI=1S/C23H27N5O3/c1-16-7-6-12-27(14-16)22(29)18-13-25-28(20(18)15-30-2)23-24-11-10-19(26-23)17-8-4-5-9-21(17)31-3/h4-5,8-11,13,16H,6-7,12,14-15H2,1-3H3/t16-/m0/s1. The lowest BCUT2D eigenvalue weighted by Crippen LogP contribution is -2.39. The number of hydrogen-bond acceptors (Lipinski definition) is 6. The van der Waals surface area contributed by atoms with E-state index in [-0.39, 0.29) is 12.5 Å². The Morgan fingerprint density at radius 3 is 2.84 bits per heavy atom. The third kappa shape index (κ3) is 4.29. The predicted molar refractivity (Wildman–Crippen MR) is 116 cm³/mol. The van der Waals surface area contributed by atoms with Gasteiger partial charge in [0, 0.05) is 32.0 Å². The fourth-order valence-electron chi connectivity index (χ4n) is 4.00. The number of benzene rings is 1. The summed E-state index contributed by atoms with van der Waals surface area (Å²) >= 11 is 0. The Bertz CT molecular complexity index is 1060. The van der Waals surface area contributed by atoms with Crippen LogP contribution in [0.4, 0.5) is 0 Å². The van der Waals surface area contributed by atoms with Crippen LogP contribution >= 0.6 is 0 Å². The first kappa shape index (κ1) is 21.0. The summed E-state index contributed by atoms with van der Waals surface area (Å²) in [6.07, 6.45) is 5.44. The van der Waals surface area contributed by atoms with Crippen LogP contribution in [-0.4, -0.2) is 57.9 Å². The number of methoxy groups -OCH3 is 2. The second-order valence-electron chi connectivity index (χ2n) is 7.79. The topological polar surface area (TPSA) is 82.4 Å². The molecule has 0 saturated carbocycles. The highest BCUT2D eigenvalue weighted by Gasteiger charge is 2.27. The quantitative estimate of drug-likeness (QED) is 0.607. The molecule has 1 amide bonds. The van der Waals surface area contributed by atoms with Crippen LogP contribution in [0.1, 0.15) is 35.8 Å². The minimum Gasteiger partial charge on any atom is -0.496 e. The molecule has 162 valence electrons. The van der Waals surface area contributed by atoms with Crippen molar-refractivity contribution in [1.82, 2.24) is 24.6 Å². The zero-order valence-corrected chi connectivity index (χ0v) is 18.1. The van der Waals surface area contributed by atoms with Gasteiger partial charge in [0.1, 0.15) is 5.75 Å². The van der Waals surface area contributed by atoms with E-state index in [1.165, 1.54) is 0 Å². The molecule has 1 fully saturated rings. The van der Waals surface area contributed by atoms with Crippen LogP contribution in [0.25, 0.3) is 17.2 Å². The van der Waals surface area contributed by atoms with E-state index in [2.05, 4.69) is 17.0 Å². The van der Waals surface area contributed by atoms with Gasteiger partial charge in [-0.25, -0.2) is 9.97 Å². The normalized spacial score (nSPS) is 16.4. The van der Waals surface area contributed by atoms with Crippen LogP contribution in [-0.2, 0) is 11.3 Å². The molecule has 0 aliphatic carbocycles. The van der Waals surface area contributed by atoms with Crippen molar-refractivity contribution in [3.05, 3.63) is 54.0 Å². The first-order valence-electron chi connectivity index (χ1n) is 10.4. The number of nitrogens with zero attached hydrogens (tertiary/aromatic N) is 5. The van der Waals surface area contributed by atoms with Crippen molar-refractivity contribution in [1.29, 1.82) is 0 Å². The van der Waals surface area contributed by atoms with E-state index >= 15 is 0 Å². The Morgan fingerprint density at radius 2 is 2.06 bits per heavy atom. The van der Waals surface area contributed by atoms with Crippen molar-refractivity contribution >= 4 is 5.91 Å². The monoisotopic (exact) mass is 421 g/mol. The maximum absolute atomic E-state index is 13.2. The van der Waals surface area contributed by atoms with Gasteiger partial charge in [-0.2, -0.15) is 9.78 Å². The summed E-state index contributed by atoms with van der Waals surface area (Å²) < 4.78 is 12.4. The third-order valence-corrected chi connectivity index (χ3v) is 5.54. The van der Waals surface area contributed by atoms with Gasteiger partial charge in [-0.3, -0.25) is 4.79 Å². The van der Waals surface area contributed by atoms with E-state index in [4.69, 9.17) is 14.5 Å². The molecule has 1 aliphatic heterocycles. The molecule has 31 heavy (non-hydrogen) atoms. The zero-order chi connectivity index (χ0) is 21.8. The summed E-state index contributed by atoms with van der Waals surface area (Å²) in [5, 5.41) is 4.45. The molecule has 3 aromatic rings. The van der Waals surface area contributed by atoms with Crippen molar-refractivity contribution in [3.8, 4) is 23.0 Å². The largest absolute Gasteiger partial charge is 0.496 e. The summed E-state index contributed by atoms with van der Waals surface area (Å²) in [5.74, 6) is 1.58. The van der Waals surface area contributed by atoms with Gasteiger partial charge in [0.25, 0.3) is 11.9 Å². The number of aromatic nitrogens is 4. The van der Waals surface area contributed by atoms with Crippen LogP contribution in [0.15, 0.2) is 42.7 Å². The summed E-state index contributed by atoms with van der Waals surface area (Å²) in [6.45, 7) is 3.93. The van der Waals surface area contributed by atoms with E-state index in [1.54, 1.807) is 31.3 Å². The zero-order valence-electron chi connectivity index (χ0n) is 18.1. The molecule has 0 spiro atoms. The summed E-state index contributed by atoms with van der Waals surface area (Å²) in [6, 6.07) is 9.49. The van der Waals surface area contributed by atoms with E-state index in [0.29, 0.717) is 28.8 Å². The maximum Gasteiger partial charge on any atom is 0.257 e. The van der Waals surface area contributed by atoms with Crippen LogP contribution in [0, 0.1) is 5.92 Å². The molecule has 1 saturated heterocycles. The molecule has 0 radical (unpaired) electrons. The smallest absolute Gasteiger partial charge is 0.257 e. The molecule has 8 heteroatoms. The van der Waals surface area contributed by atoms with Crippen molar-refractivity contribution < 1.29 is 14.3 Å². The van der Waals surface area contributed by atoms with Crippen molar-refractivity contribution in [2.45, 2.75) is 26.4 Å². The highest BCUT2D eigenvalue weighted by Crippen LogP contribution is 2.28. The number of likely N-dealkylation sites (tertiary alicyclic amines) is 1. The molecule has 2 aromatic heterocycles. The van der Waals surface area contributed by atoms with Gasteiger partial charge in [0.15, 0.2) is 0 Å². The van der Waals surface area contributed by atoms with Gasteiger partial charge in [-0.05, 0) is 37.0 Å². The fraction of sp³-hybridized carbons (Fsp3) is 0.391. The van der Waals surface area contributed by atoms with Crippen LogP contribution in [0.5, 0.6) is 5.75 Å². The minimum atomic E-state index is -0.0225. The lowest BCUT2D eigenvalue weighted by atomic mass is 9.99. The molecule has 0 bridgehead atoms. The molecule has 8 nitrogen and oxygen atoms in total. The lowest BCUT2D eigenvalue weighted by Gasteiger charge is -2.30. The average molecular weight is 422 g/mol. The number of carbonyl (C=O) groups excluding carboxylic acids is 1. The molecule has 0 unspecified atom stereocenters. The number of ether oxygens (including phenoxy) is 2. The van der Waals surface area contributed by atoms with Gasteiger partial charge in [-0.1, -0.05) is 19.1 Å². The Kier molecular flexibility index (Phi) is 6.27. The third-order valence-electron chi connectivity index (χ3n) is 5.54. The number of amides is 1.